The zero-order valence-corrected chi connectivity index (χ0v) is 28.0. The minimum Gasteiger partial charge on any atom is -0.490 e. The van der Waals surface area contributed by atoms with E-state index in [0.717, 1.165) is 87.2 Å². The van der Waals surface area contributed by atoms with Gasteiger partial charge in [0.1, 0.15) is 5.75 Å². The van der Waals surface area contributed by atoms with Crippen LogP contribution in [0.15, 0.2) is 48.0 Å². The van der Waals surface area contributed by atoms with Crippen LogP contribution in [0.1, 0.15) is 66.4 Å². The van der Waals surface area contributed by atoms with Crippen LogP contribution in [0.5, 0.6) is 5.75 Å². The van der Waals surface area contributed by atoms with Gasteiger partial charge in [0.25, 0.3) is 10.1 Å². The average Bonchev–Trinajstić information content (AvgIpc) is 3.17. The summed E-state index contributed by atoms with van der Waals surface area (Å²) in [5.41, 5.74) is 5.16. The Morgan fingerprint density at radius 1 is 1.13 bits per heavy atom. The second-order valence-electron chi connectivity index (χ2n) is 13.3. The highest BCUT2D eigenvalue weighted by molar-refractivity contribution is 7.85. The summed E-state index contributed by atoms with van der Waals surface area (Å²) >= 11 is 6.43. The molecule has 1 unspecified atom stereocenters. The molecule has 1 aliphatic heterocycles. The number of anilines is 1. The molecule has 4 aliphatic rings. The Kier molecular flexibility index (Phi) is 9.53. The van der Waals surface area contributed by atoms with E-state index in [9.17, 15) is 13.2 Å². The Labute approximate surface area is 272 Å². The first-order chi connectivity index (χ1) is 21.6. The maximum absolute atomic E-state index is 12.6. The molecule has 2 aromatic rings. The van der Waals surface area contributed by atoms with E-state index in [0.29, 0.717) is 24.0 Å². The van der Waals surface area contributed by atoms with Crippen molar-refractivity contribution in [2.24, 2.45) is 17.8 Å². The number of aryl methyl sites for hydroxylation is 1. The van der Waals surface area contributed by atoms with Crippen molar-refractivity contribution in [3.63, 3.8) is 0 Å². The summed E-state index contributed by atoms with van der Waals surface area (Å²) in [6.45, 7) is 2.40. The lowest BCUT2D eigenvalue weighted by atomic mass is 9.66. The highest BCUT2D eigenvalue weighted by Crippen LogP contribution is 2.48. The second kappa shape index (κ2) is 13.3. The molecule has 2 aromatic carbocycles. The number of benzene rings is 2. The Morgan fingerprint density at radius 3 is 2.67 bits per heavy atom. The number of fused-ring (bicyclic) bond motifs is 3. The first kappa shape index (κ1) is 32.4. The summed E-state index contributed by atoms with van der Waals surface area (Å²) in [7, 11) is -0.229. The van der Waals surface area contributed by atoms with E-state index in [4.69, 9.17) is 30.0 Å². The number of methoxy groups -OCH3 is 2. The number of ether oxygens (including phenoxy) is 3. The van der Waals surface area contributed by atoms with Crippen LogP contribution in [0.3, 0.4) is 0 Å². The third-order valence-corrected chi connectivity index (χ3v) is 11.3. The number of carbonyl (C=O) groups is 1. The van der Waals surface area contributed by atoms with Gasteiger partial charge in [-0.25, -0.2) is 4.79 Å². The number of esters is 1. The van der Waals surface area contributed by atoms with Crippen LogP contribution in [0.4, 0.5) is 5.69 Å². The summed E-state index contributed by atoms with van der Waals surface area (Å²) in [5, 5.41) is 0.761. The van der Waals surface area contributed by atoms with Crippen molar-refractivity contribution in [3.8, 4) is 5.75 Å². The number of hydrogen-bond acceptors (Lipinski definition) is 8. The predicted octanol–water partition coefficient (Wildman–Crippen LogP) is 6.34. The zero-order valence-electron chi connectivity index (χ0n) is 26.4. The molecular weight excluding hydrogens is 614 g/mol. The number of hydrogen-bond donors (Lipinski definition) is 0. The molecule has 5 atom stereocenters. The van der Waals surface area contributed by atoms with Gasteiger partial charge in [-0.1, -0.05) is 23.7 Å². The zero-order chi connectivity index (χ0) is 31.8. The Bertz CT molecular complexity index is 1560. The normalized spacial score (nSPS) is 26.9. The quantitative estimate of drug-likeness (QED) is 0.175. The van der Waals surface area contributed by atoms with Crippen LogP contribution in [0.25, 0.3) is 0 Å². The van der Waals surface area contributed by atoms with Gasteiger partial charge >= 0.3 is 5.97 Å². The molecule has 8 nitrogen and oxygen atoms in total. The van der Waals surface area contributed by atoms with Crippen LogP contribution < -0.4 is 9.64 Å². The molecule has 0 N–H and O–H groups in total. The van der Waals surface area contributed by atoms with Crippen molar-refractivity contribution in [1.82, 2.24) is 0 Å². The first-order valence-corrected chi connectivity index (χ1v) is 18.2. The molecule has 3 aliphatic carbocycles. The second-order valence-corrected chi connectivity index (χ2v) is 15.4. The number of allylic oxidation sites excluding steroid dienone is 1. The van der Waals surface area contributed by atoms with Crippen LogP contribution in [-0.4, -0.2) is 67.3 Å². The molecule has 0 aromatic heterocycles. The van der Waals surface area contributed by atoms with Gasteiger partial charge in [-0.05, 0) is 116 Å². The summed E-state index contributed by atoms with van der Waals surface area (Å²) in [6.07, 6.45) is 11.2. The molecule has 244 valence electrons. The molecule has 1 saturated carbocycles. The van der Waals surface area contributed by atoms with Gasteiger partial charge < -0.3 is 19.1 Å². The molecule has 0 amide bonds. The first-order valence-electron chi connectivity index (χ1n) is 16.0. The summed E-state index contributed by atoms with van der Waals surface area (Å²) < 4.78 is 45.9. The summed E-state index contributed by atoms with van der Waals surface area (Å²) in [6, 6.07) is 11.9. The Balaban J connectivity index is 1.26. The molecule has 0 radical (unpaired) electrons. The standard InChI is InChI=1S/C35H44ClNO7S/c1-41-33(24-8-6-23(7-9-24)20-44-45(3,39)40)29-13-10-27(29)19-37-21-35(16-4-5-25-17-28(36)12-14-30(25)35)22-43-32-15-11-26(18-31(32)37)34(38)42-2/h8,11-12,14-15,17-18,23,27,29,33H,4-7,9-10,13,16,19-22H2,1-3H3/t23-,27+,29-,33-,35?/m1/s1. The van der Waals surface area contributed by atoms with E-state index in [-0.39, 0.29) is 30.0 Å². The van der Waals surface area contributed by atoms with Gasteiger partial charge in [-0.2, -0.15) is 8.42 Å². The van der Waals surface area contributed by atoms with E-state index in [1.165, 1.54) is 23.8 Å². The number of rotatable bonds is 9. The molecule has 1 heterocycles. The number of halogens is 1. The highest BCUT2D eigenvalue weighted by atomic mass is 35.5. The summed E-state index contributed by atoms with van der Waals surface area (Å²) in [4.78, 5) is 15.0. The van der Waals surface area contributed by atoms with E-state index < -0.39 is 10.1 Å². The fourth-order valence-electron chi connectivity index (χ4n) is 8.00. The fraction of sp³-hybridized carbons (Fsp3) is 0.571. The van der Waals surface area contributed by atoms with Crippen molar-refractivity contribution in [3.05, 3.63) is 69.8 Å². The number of carbonyl (C=O) groups excluding carboxylic acids is 1. The van der Waals surface area contributed by atoms with Crippen molar-refractivity contribution < 1.29 is 31.6 Å². The van der Waals surface area contributed by atoms with Crippen molar-refractivity contribution in [2.75, 3.05) is 51.7 Å². The van der Waals surface area contributed by atoms with E-state index in [1.54, 1.807) is 13.2 Å². The average molecular weight is 658 g/mol. The molecule has 6 rings (SSSR count). The van der Waals surface area contributed by atoms with E-state index in [1.807, 2.05) is 18.2 Å². The van der Waals surface area contributed by atoms with E-state index >= 15 is 0 Å². The molecule has 0 saturated heterocycles. The van der Waals surface area contributed by atoms with Crippen LogP contribution >= 0.6 is 11.6 Å². The lowest BCUT2D eigenvalue weighted by Gasteiger charge is -2.47. The topological polar surface area (TPSA) is 91.4 Å². The van der Waals surface area contributed by atoms with Gasteiger partial charge in [0.15, 0.2) is 0 Å². The van der Waals surface area contributed by atoms with Gasteiger partial charge in [0, 0.05) is 30.6 Å². The lowest BCUT2D eigenvalue weighted by Crippen LogP contribution is -2.50. The smallest absolute Gasteiger partial charge is 0.337 e. The van der Waals surface area contributed by atoms with Gasteiger partial charge in [-0.3, -0.25) is 4.18 Å². The minimum absolute atomic E-state index is 0.0242. The number of nitrogens with zero attached hydrogens (tertiary/aromatic N) is 1. The third kappa shape index (κ3) is 6.92. The molecule has 1 fully saturated rings. The molecule has 1 spiro atoms. The SMILES string of the molecule is COC(=O)c1ccc2c(c1)N(C[C@@H]1CC[C@H]1[C@H](OC)C1=CC[C@@H](COS(C)(=O)=O)CC1)CC1(CCCc3cc(Cl)ccc31)CO2. The van der Waals surface area contributed by atoms with Gasteiger partial charge in [0.05, 0.1) is 43.9 Å². The maximum atomic E-state index is 12.6. The summed E-state index contributed by atoms with van der Waals surface area (Å²) in [5.74, 6) is 1.40. The third-order valence-electron chi connectivity index (χ3n) is 10.5. The highest BCUT2D eigenvalue weighted by Gasteiger charge is 2.45. The van der Waals surface area contributed by atoms with E-state index in [2.05, 4.69) is 23.1 Å². The monoisotopic (exact) mass is 657 g/mol. The maximum Gasteiger partial charge on any atom is 0.337 e. The molecule has 45 heavy (non-hydrogen) atoms. The minimum atomic E-state index is -3.44. The van der Waals surface area contributed by atoms with Crippen molar-refractivity contribution in [1.29, 1.82) is 0 Å². The van der Waals surface area contributed by atoms with Gasteiger partial charge in [-0.15, -0.1) is 0 Å². The van der Waals surface area contributed by atoms with Crippen LogP contribution in [0, 0.1) is 17.8 Å². The molecular formula is C35H44ClNO7S. The lowest BCUT2D eigenvalue weighted by molar-refractivity contribution is 0.00284. The van der Waals surface area contributed by atoms with Crippen LogP contribution in [0.2, 0.25) is 5.02 Å². The van der Waals surface area contributed by atoms with Crippen molar-refractivity contribution in [2.45, 2.75) is 62.9 Å². The fourth-order valence-corrected chi connectivity index (χ4v) is 8.64. The van der Waals surface area contributed by atoms with Gasteiger partial charge in [0.2, 0.25) is 0 Å². The molecule has 10 heteroatoms. The van der Waals surface area contributed by atoms with Crippen molar-refractivity contribution >= 4 is 33.4 Å². The Hall–Kier alpha value is -2.59. The Morgan fingerprint density at radius 2 is 1.98 bits per heavy atom. The predicted molar refractivity (Wildman–Crippen MR) is 175 cm³/mol. The molecule has 0 bridgehead atoms. The largest absolute Gasteiger partial charge is 0.490 e. The van der Waals surface area contributed by atoms with Crippen LogP contribution in [-0.2, 0) is 35.6 Å².